The van der Waals surface area contributed by atoms with Gasteiger partial charge in [0.1, 0.15) is 11.9 Å². The van der Waals surface area contributed by atoms with Crippen LogP contribution in [0.5, 0.6) is 0 Å². The minimum absolute atomic E-state index is 0.0876. The van der Waals surface area contributed by atoms with Crippen molar-refractivity contribution < 1.29 is 0 Å². The number of allylic oxidation sites excluding steroid dienone is 6. The topological polar surface area (TPSA) is 55.7 Å². The van der Waals surface area contributed by atoms with Gasteiger partial charge in [-0.2, -0.15) is 5.26 Å². The summed E-state index contributed by atoms with van der Waals surface area (Å²) in [7, 11) is 4.13. The maximum absolute atomic E-state index is 10.1. The van der Waals surface area contributed by atoms with Gasteiger partial charge in [0.25, 0.3) is 0 Å². The molecule has 0 saturated heterocycles. The predicted molar refractivity (Wildman–Crippen MR) is 137 cm³/mol. The maximum Gasteiger partial charge on any atom is 0.149 e. The summed E-state index contributed by atoms with van der Waals surface area (Å²) in [5.74, 6) is 1.17. The Balaban J connectivity index is 1.58. The van der Waals surface area contributed by atoms with Gasteiger partial charge < -0.3 is 9.88 Å². The summed E-state index contributed by atoms with van der Waals surface area (Å²) in [5.41, 5.74) is 8.88. The van der Waals surface area contributed by atoms with Crippen molar-refractivity contribution in [3.05, 3.63) is 83.2 Å². The summed E-state index contributed by atoms with van der Waals surface area (Å²) < 4.78 is 0. The van der Waals surface area contributed by atoms with E-state index in [1.54, 1.807) is 0 Å². The minimum atomic E-state index is 0.0876. The summed E-state index contributed by atoms with van der Waals surface area (Å²) in [6, 6.07) is 19.2. The number of para-hydroxylation sites is 2. The molecule has 4 heteroatoms. The van der Waals surface area contributed by atoms with Crippen molar-refractivity contribution in [2.75, 3.05) is 19.0 Å². The highest BCUT2D eigenvalue weighted by molar-refractivity contribution is 5.85. The standard InChI is InChI=1S/C29H30N4/c1-29(2)17-22(24(18-30)28-31-26-7-5-6-8-27(26)32-28)16-21-15-20(11-14-25(21)29)19-9-12-23(13-10-19)33(3)4/h5-10,12-13,15-16,25H,11,14,17H2,1-4H3,(H,31,32)/b24-22-. The van der Waals surface area contributed by atoms with Crippen molar-refractivity contribution >= 4 is 27.9 Å². The fourth-order valence-electron chi connectivity index (χ4n) is 5.40. The molecule has 33 heavy (non-hydrogen) atoms. The number of benzene rings is 2. The van der Waals surface area contributed by atoms with Gasteiger partial charge in [-0.25, -0.2) is 4.98 Å². The number of nitrogens with one attached hydrogen (secondary N) is 1. The number of hydrogen-bond donors (Lipinski definition) is 1. The quantitative estimate of drug-likeness (QED) is 0.464. The van der Waals surface area contributed by atoms with Crippen LogP contribution in [0.1, 0.15) is 44.5 Å². The largest absolute Gasteiger partial charge is 0.378 e. The van der Waals surface area contributed by atoms with Crippen LogP contribution in [-0.4, -0.2) is 24.1 Å². The molecule has 3 aromatic rings. The number of fused-ring (bicyclic) bond motifs is 2. The van der Waals surface area contributed by atoms with Crippen molar-refractivity contribution in [3.63, 3.8) is 0 Å². The Bertz CT molecular complexity index is 1310. The minimum Gasteiger partial charge on any atom is -0.378 e. The number of nitrogens with zero attached hydrogens (tertiary/aromatic N) is 3. The zero-order valence-electron chi connectivity index (χ0n) is 19.8. The van der Waals surface area contributed by atoms with E-state index in [1.807, 2.05) is 24.3 Å². The second-order valence-corrected chi connectivity index (χ2v) is 10.1. The molecule has 1 N–H and O–H groups in total. The van der Waals surface area contributed by atoms with Crippen LogP contribution in [0.15, 0.2) is 71.8 Å². The Kier molecular flexibility index (Phi) is 5.21. The van der Waals surface area contributed by atoms with Gasteiger partial charge >= 0.3 is 0 Å². The number of aromatic nitrogens is 2. The summed E-state index contributed by atoms with van der Waals surface area (Å²) >= 11 is 0. The lowest BCUT2D eigenvalue weighted by Crippen LogP contribution is -2.31. The van der Waals surface area contributed by atoms with Gasteiger partial charge in [-0.15, -0.1) is 0 Å². The molecule has 0 amide bonds. The average Bonchev–Trinajstić information content (AvgIpc) is 3.22. The first-order chi connectivity index (χ1) is 15.9. The lowest BCUT2D eigenvalue weighted by molar-refractivity contribution is 0.228. The maximum atomic E-state index is 10.1. The van der Waals surface area contributed by atoms with E-state index in [-0.39, 0.29) is 5.41 Å². The van der Waals surface area contributed by atoms with E-state index in [9.17, 15) is 5.26 Å². The van der Waals surface area contributed by atoms with Gasteiger partial charge in [0.15, 0.2) is 0 Å². The number of nitriles is 1. The molecule has 1 unspecified atom stereocenters. The highest BCUT2D eigenvalue weighted by atomic mass is 15.1. The number of hydrogen-bond acceptors (Lipinski definition) is 3. The van der Waals surface area contributed by atoms with Crippen molar-refractivity contribution in [3.8, 4) is 6.07 Å². The molecule has 2 aromatic carbocycles. The molecule has 166 valence electrons. The summed E-state index contributed by atoms with van der Waals surface area (Å²) in [5, 5.41) is 10.1. The van der Waals surface area contributed by atoms with Crippen LogP contribution in [-0.2, 0) is 0 Å². The van der Waals surface area contributed by atoms with Crippen LogP contribution in [0.4, 0.5) is 5.69 Å². The molecular weight excluding hydrogens is 404 g/mol. The first-order valence-corrected chi connectivity index (χ1v) is 11.6. The van der Waals surface area contributed by atoms with Crippen LogP contribution >= 0.6 is 0 Å². The van der Waals surface area contributed by atoms with Crippen molar-refractivity contribution in [2.24, 2.45) is 11.3 Å². The molecule has 2 aliphatic carbocycles. The molecule has 2 aliphatic rings. The molecule has 1 aromatic heterocycles. The fraction of sp³-hybridized carbons (Fsp3) is 0.310. The Labute approximate surface area is 196 Å². The third kappa shape index (κ3) is 3.89. The number of anilines is 1. The number of H-pyrrole nitrogens is 1. The van der Waals surface area contributed by atoms with Crippen LogP contribution < -0.4 is 4.90 Å². The van der Waals surface area contributed by atoms with Gasteiger partial charge in [-0.3, -0.25) is 0 Å². The van der Waals surface area contributed by atoms with Crippen LogP contribution in [0.2, 0.25) is 0 Å². The lowest BCUT2D eigenvalue weighted by Gasteiger charge is -2.42. The van der Waals surface area contributed by atoms with Crippen molar-refractivity contribution in [2.45, 2.75) is 33.1 Å². The second kappa shape index (κ2) is 8.08. The second-order valence-electron chi connectivity index (χ2n) is 10.1. The first kappa shape index (κ1) is 21.3. The molecule has 5 rings (SSSR count). The van der Waals surface area contributed by atoms with Gasteiger partial charge in [-0.05, 0) is 77.1 Å². The molecule has 0 saturated carbocycles. The Morgan fingerprint density at radius 2 is 1.85 bits per heavy atom. The Morgan fingerprint density at radius 3 is 2.55 bits per heavy atom. The van der Waals surface area contributed by atoms with Crippen LogP contribution in [0.25, 0.3) is 22.2 Å². The lowest BCUT2D eigenvalue weighted by atomic mass is 9.62. The van der Waals surface area contributed by atoms with E-state index < -0.39 is 0 Å². The van der Waals surface area contributed by atoms with Crippen LogP contribution in [0.3, 0.4) is 0 Å². The summed E-state index contributed by atoms with van der Waals surface area (Å²) in [6.45, 7) is 4.67. The molecule has 4 nitrogen and oxygen atoms in total. The third-order valence-electron chi connectivity index (χ3n) is 7.19. The van der Waals surface area contributed by atoms with Gasteiger partial charge in [-0.1, -0.05) is 50.3 Å². The molecule has 0 radical (unpaired) electrons. The first-order valence-electron chi connectivity index (χ1n) is 11.6. The molecule has 1 heterocycles. The van der Waals surface area contributed by atoms with E-state index in [4.69, 9.17) is 4.98 Å². The monoisotopic (exact) mass is 434 g/mol. The van der Waals surface area contributed by atoms with Gasteiger partial charge in [0.05, 0.1) is 16.6 Å². The smallest absolute Gasteiger partial charge is 0.149 e. The molecule has 0 spiro atoms. The SMILES string of the molecule is CN(C)c1ccc(C2=CC3=C/C(=C(\C#N)c4nc5ccccc5[nH]4)CC(C)(C)C3CC2)cc1. The van der Waals surface area contributed by atoms with E-state index in [0.29, 0.717) is 17.3 Å². The predicted octanol–water partition coefficient (Wildman–Crippen LogP) is 6.76. The summed E-state index contributed by atoms with van der Waals surface area (Å²) in [4.78, 5) is 10.2. The van der Waals surface area contributed by atoms with Gasteiger partial charge in [0, 0.05) is 19.8 Å². The molecule has 1 atom stereocenters. The van der Waals surface area contributed by atoms with Crippen molar-refractivity contribution in [1.29, 1.82) is 5.26 Å². The van der Waals surface area contributed by atoms with Crippen molar-refractivity contribution in [1.82, 2.24) is 9.97 Å². The van der Waals surface area contributed by atoms with Gasteiger partial charge in [0.2, 0.25) is 0 Å². The number of imidazole rings is 1. The van der Waals surface area contributed by atoms with E-state index in [2.05, 4.69) is 80.3 Å². The highest BCUT2D eigenvalue weighted by Gasteiger charge is 2.38. The summed E-state index contributed by atoms with van der Waals surface area (Å²) in [6.07, 6.45) is 7.73. The molecule has 0 aliphatic heterocycles. The van der Waals surface area contributed by atoms with Crippen LogP contribution in [0, 0.1) is 22.7 Å². The average molecular weight is 435 g/mol. The molecular formula is C29H30N4. The third-order valence-corrected chi connectivity index (χ3v) is 7.19. The number of rotatable bonds is 3. The van der Waals surface area contributed by atoms with E-state index >= 15 is 0 Å². The zero-order chi connectivity index (χ0) is 23.2. The normalized spacial score (nSPS) is 21.0. The van der Waals surface area contributed by atoms with E-state index in [0.717, 1.165) is 35.9 Å². The number of aromatic amines is 1. The Morgan fingerprint density at radius 1 is 1.09 bits per heavy atom. The fourth-order valence-corrected chi connectivity index (χ4v) is 5.40. The zero-order valence-corrected chi connectivity index (χ0v) is 19.8. The highest BCUT2D eigenvalue weighted by Crippen LogP contribution is 2.50. The molecule has 0 bridgehead atoms. The Hall–Kier alpha value is -3.58. The van der Waals surface area contributed by atoms with E-state index in [1.165, 1.54) is 22.4 Å². The molecule has 0 fully saturated rings.